The molecule has 0 fully saturated rings. The lowest BCUT2D eigenvalue weighted by molar-refractivity contribution is 0.670. The Balaban J connectivity index is 1.17. The first-order valence-corrected chi connectivity index (χ1v) is 16.2. The van der Waals surface area contributed by atoms with E-state index in [1.807, 2.05) is 61.6 Å². The van der Waals surface area contributed by atoms with E-state index in [9.17, 15) is 4.79 Å². The monoisotopic (exact) mass is 634 g/mol. The fourth-order valence-electron chi connectivity index (χ4n) is 6.82. The number of fused-ring (bicyclic) bond motifs is 4. The molecule has 6 nitrogen and oxygen atoms in total. The van der Waals surface area contributed by atoms with Crippen molar-refractivity contribution >= 4 is 33.0 Å². The molecular formula is C43H30N4O2. The minimum atomic E-state index is -0.0406. The van der Waals surface area contributed by atoms with Gasteiger partial charge in [0.15, 0.2) is 5.82 Å². The van der Waals surface area contributed by atoms with Crippen LogP contribution in [0.25, 0.3) is 89.1 Å². The first kappa shape index (κ1) is 28.7. The second-order valence-corrected chi connectivity index (χ2v) is 12.4. The van der Waals surface area contributed by atoms with Crippen molar-refractivity contribution in [1.29, 1.82) is 0 Å². The summed E-state index contributed by atoms with van der Waals surface area (Å²) in [5.74, 6) is 0.656. The molecule has 6 heteroatoms. The summed E-state index contributed by atoms with van der Waals surface area (Å²) in [5, 5.41) is 2.21. The third kappa shape index (κ3) is 4.85. The highest BCUT2D eigenvalue weighted by atomic mass is 16.3. The van der Waals surface area contributed by atoms with Gasteiger partial charge < -0.3 is 4.42 Å². The summed E-state index contributed by atoms with van der Waals surface area (Å²) in [4.78, 5) is 22.8. The molecule has 0 atom stereocenters. The first-order valence-electron chi connectivity index (χ1n) is 16.2. The van der Waals surface area contributed by atoms with Crippen LogP contribution >= 0.6 is 0 Å². The first-order chi connectivity index (χ1) is 24.0. The van der Waals surface area contributed by atoms with Crippen molar-refractivity contribution in [3.63, 3.8) is 0 Å². The maximum Gasteiger partial charge on any atom is 0.328 e. The van der Waals surface area contributed by atoms with Crippen molar-refractivity contribution in [2.45, 2.75) is 0 Å². The topological polar surface area (TPSA) is 65.8 Å². The Bertz CT molecular complexity index is 2770. The molecule has 3 heterocycles. The normalized spacial score (nSPS) is 11.6. The molecule has 0 aliphatic carbocycles. The van der Waals surface area contributed by atoms with E-state index in [0.29, 0.717) is 5.82 Å². The molecule has 0 aliphatic rings. The summed E-state index contributed by atoms with van der Waals surface area (Å²) in [6.07, 6.45) is 0. The highest BCUT2D eigenvalue weighted by molar-refractivity contribution is 6.09. The summed E-state index contributed by atoms with van der Waals surface area (Å²) in [6.45, 7) is 0. The predicted octanol–water partition coefficient (Wildman–Crippen LogP) is 9.90. The van der Waals surface area contributed by atoms with Crippen LogP contribution < -0.4 is 5.69 Å². The fourth-order valence-corrected chi connectivity index (χ4v) is 6.82. The zero-order valence-electron chi connectivity index (χ0n) is 27.0. The molecule has 0 aliphatic heterocycles. The Kier molecular flexibility index (Phi) is 6.62. The molecular weight excluding hydrogens is 604 g/mol. The molecule has 0 saturated heterocycles. The zero-order chi connectivity index (χ0) is 33.1. The van der Waals surface area contributed by atoms with Crippen LogP contribution in [0.15, 0.2) is 155 Å². The Morgan fingerprint density at radius 1 is 0.490 bits per heavy atom. The molecule has 0 radical (unpaired) electrons. The van der Waals surface area contributed by atoms with Gasteiger partial charge in [-0.2, -0.15) is 0 Å². The number of hydrogen-bond acceptors (Lipinski definition) is 4. The van der Waals surface area contributed by atoms with Crippen LogP contribution in [0.2, 0.25) is 0 Å². The number of furan rings is 1. The van der Waals surface area contributed by atoms with E-state index < -0.39 is 0 Å². The van der Waals surface area contributed by atoms with Crippen LogP contribution in [0.5, 0.6) is 0 Å². The summed E-state index contributed by atoms with van der Waals surface area (Å²) in [6, 6.07) is 49.6. The van der Waals surface area contributed by atoms with Gasteiger partial charge in [0.05, 0.1) is 22.4 Å². The van der Waals surface area contributed by atoms with Crippen molar-refractivity contribution in [1.82, 2.24) is 19.1 Å². The van der Waals surface area contributed by atoms with Crippen LogP contribution in [-0.2, 0) is 14.1 Å². The van der Waals surface area contributed by atoms with Gasteiger partial charge in [0, 0.05) is 47.1 Å². The van der Waals surface area contributed by atoms with Gasteiger partial charge in [0.1, 0.15) is 11.2 Å². The summed E-state index contributed by atoms with van der Waals surface area (Å²) in [7, 11) is 3.61. The molecule has 0 bridgehead atoms. The van der Waals surface area contributed by atoms with E-state index in [4.69, 9.17) is 14.4 Å². The molecule has 234 valence electrons. The van der Waals surface area contributed by atoms with Crippen molar-refractivity contribution in [2.24, 2.45) is 14.1 Å². The van der Waals surface area contributed by atoms with E-state index in [0.717, 1.165) is 83.3 Å². The zero-order valence-corrected chi connectivity index (χ0v) is 27.0. The van der Waals surface area contributed by atoms with Gasteiger partial charge in [-0.25, -0.2) is 14.8 Å². The molecule has 0 spiro atoms. The van der Waals surface area contributed by atoms with Crippen LogP contribution in [0.3, 0.4) is 0 Å². The molecule has 0 N–H and O–H groups in total. The number of nitrogens with zero attached hydrogens (tertiary/aromatic N) is 4. The lowest BCUT2D eigenvalue weighted by Crippen LogP contribution is -2.19. The Labute approximate surface area is 282 Å². The van der Waals surface area contributed by atoms with E-state index in [2.05, 4.69) is 91.0 Å². The van der Waals surface area contributed by atoms with Gasteiger partial charge in [0.2, 0.25) is 0 Å². The summed E-state index contributed by atoms with van der Waals surface area (Å²) < 4.78 is 9.74. The number of imidazole rings is 1. The molecule has 0 unspecified atom stereocenters. The fraction of sp³-hybridized carbons (Fsp3) is 0.0465. The van der Waals surface area contributed by atoms with Crippen molar-refractivity contribution in [3.8, 4) is 56.2 Å². The lowest BCUT2D eigenvalue weighted by atomic mass is 9.98. The van der Waals surface area contributed by atoms with Crippen molar-refractivity contribution in [3.05, 3.63) is 156 Å². The summed E-state index contributed by atoms with van der Waals surface area (Å²) in [5.41, 5.74) is 12.2. The van der Waals surface area contributed by atoms with Gasteiger partial charge in [-0.1, -0.05) is 109 Å². The second kappa shape index (κ2) is 11.3. The Morgan fingerprint density at radius 3 is 1.88 bits per heavy atom. The van der Waals surface area contributed by atoms with Crippen LogP contribution in [-0.4, -0.2) is 19.1 Å². The Morgan fingerprint density at radius 2 is 1.08 bits per heavy atom. The average Bonchev–Trinajstić information content (AvgIpc) is 3.65. The average molecular weight is 635 g/mol. The van der Waals surface area contributed by atoms with E-state index in [-0.39, 0.29) is 5.69 Å². The van der Waals surface area contributed by atoms with Gasteiger partial charge in [-0.3, -0.25) is 9.13 Å². The van der Waals surface area contributed by atoms with Gasteiger partial charge in [-0.05, 0) is 53.1 Å². The number of hydrogen-bond donors (Lipinski definition) is 0. The molecule has 9 rings (SSSR count). The third-order valence-corrected chi connectivity index (χ3v) is 9.40. The van der Waals surface area contributed by atoms with E-state index >= 15 is 0 Å². The van der Waals surface area contributed by atoms with E-state index in [1.165, 1.54) is 0 Å². The molecule has 49 heavy (non-hydrogen) atoms. The molecule has 0 amide bonds. The lowest BCUT2D eigenvalue weighted by Gasteiger charge is -2.12. The maximum atomic E-state index is 12.6. The van der Waals surface area contributed by atoms with Crippen LogP contribution in [0.1, 0.15) is 0 Å². The number of benzene rings is 6. The predicted molar refractivity (Wildman–Crippen MR) is 198 cm³/mol. The second-order valence-electron chi connectivity index (χ2n) is 12.4. The quantitative estimate of drug-likeness (QED) is 0.189. The number of para-hydroxylation sites is 2. The van der Waals surface area contributed by atoms with Crippen LogP contribution in [0, 0.1) is 0 Å². The van der Waals surface area contributed by atoms with E-state index in [1.54, 1.807) is 16.2 Å². The molecule has 9 aromatic rings. The smallest absolute Gasteiger partial charge is 0.328 e. The number of aryl methyl sites for hydroxylation is 2. The standard InChI is InChI=1S/C43H30N4O2/c1-46-38-22-21-29(25-39(38)47(2)43(46)48)28-13-8-15-31(23-28)36-26-37(45-42(44-36)27-11-4-3-5-12-27)32-16-9-14-30(24-32)33-18-10-19-35-34-17-6-7-20-40(34)49-41(33)35/h3-26H,1-2H3. The SMILES string of the molecule is Cn1c(=O)n(C)c2cc(-c3cccc(-c4cc(-c5cccc(-c6cccc7c6oc6ccccc67)c5)nc(-c5ccccc5)n4)c3)ccc21. The minimum absolute atomic E-state index is 0.0406. The highest BCUT2D eigenvalue weighted by Gasteiger charge is 2.16. The molecule has 0 saturated carbocycles. The Hall–Kier alpha value is -6.53. The highest BCUT2D eigenvalue weighted by Crippen LogP contribution is 2.37. The molecule has 6 aromatic carbocycles. The minimum Gasteiger partial charge on any atom is -0.455 e. The van der Waals surface area contributed by atoms with Gasteiger partial charge >= 0.3 is 5.69 Å². The number of aromatic nitrogens is 4. The van der Waals surface area contributed by atoms with Crippen LogP contribution in [0.4, 0.5) is 0 Å². The maximum absolute atomic E-state index is 12.6. The largest absolute Gasteiger partial charge is 0.455 e. The van der Waals surface area contributed by atoms with Crippen molar-refractivity contribution < 1.29 is 4.42 Å². The molecule has 3 aromatic heterocycles. The summed E-state index contributed by atoms with van der Waals surface area (Å²) >= 11 is 0. The van der Waals surface area contributed by atoms with Gasteiger partial charge in [-0.15, -0.1) is 0 Å². The third-order valence-electron chi connectivity index (χ3n) is 9.40. The van der Waals surface area contributed by atoms with Gasteiger partial charge in [0.25, 0.3) is 0 Å². The number of rotatable bonds is 5. The van der Waals surface area contributed by atoms with Crippen molar-refractivity contribution in [2.75, 3.05) is 0 Å².